The third kappa shape index (κ3) is 4.22. The maximum Gasteiger partial charge on any atom is 0.374 e. The Balaban J connectivity index is 2.03. The number of rotatable bonds is 2. The first-order valence-corrected chi connectivity index (χ1v) is 10.2. The first-order chi connectivity index (χ1) is 19.5. The quantitative estimate of drug-likeness (QED) is 0.320. The van der Waals surface area contributed by atoms with Gasteiger partial charge in [-0.25, -0.2) is 19.9 Å². The van der Waals surface area contributed by atoms with Crippen molar-refractivity contribution in [3.63, 3.8) is 0 Å². The molecule has 0 radical (unpaired) electrons. The molecule has 4 aromatic rings. The fourth-order valence-electron chi connectivity index (χ4n) is 3.32. The van der Waals surface area contributed by atoms with Gasteiger partial charge in [0, 0.05) is 0 Å². The van der Waals surface area contributed by atoms with Crippen LogP contribution in [0.5, 0.6) is 0 Å². The van der Waals surface area contributed by atoms with E-state index >= 15 is 0 Å². The highest BCUT2D eigenvalue weighted by Crippen LogP contribution is 2.22. The summed E-state index contributed by atoms with van der Waals surface area (Å²) >= 11 is 0. The lowest BCUT2D eigenvalue weighted by molar-refractivity contribution is 1.08. The molecule has 0 aromatic carbocycles. The van der Waals surface area contributed by atoms with E-state index in [2.05, 4.69) is 49.6 Å². The molecule has 16 heteroatoms. The zero-order chi connectivity index (χ0) is 28.8. The highest BCUT2D eigenvalue weighted by atomic mass is 15.0. The number of nitrogens with zero attached hydrogens (tertiary/aromatic N) is 16. The van der Waals surface area contributed by atoms with Crippen LogP contribution in [0.4, 0.5) is 11.9 Å². The number of hydrogen-bond acceptors (Lipinski definition) is 14. The Morgan fingerprint density at radius 2 is 0.875 bits per heavy atom. The minimum absolute atomic E-state index is 0.109. The maximum absolute atomic E-state index is 9.83. The standard InChI is InChI=1S/C24H2N16/c1-31-23-37-13(5-27)19(14(6-28)38-23)11(3-25)17-9-33-22-21(35-17)34-10-18(36-22)12(4-26)20-15(7-29)39-24(32-2)40-16(20)8-30/h9-10H/b17-11-,18-12+. The molecule has 0 unspecified atom stereocenters. The number of fused-ring (bicyclic) bond motifs is 1. The lowest BCUT2D eigenvalue weighted by Gasteiger charge is -2.03. The molecule has 4 heterocycles. The minimum Gasteiger partial charge on any atom is -0.394 e. The number of aromatic nitrogens is 8. The van der Waals surface area contributed by atoms with Crippen molar-refractivity contribution in [3.8, 4) is 36.4 Å². The van der Waals surface area contributed by atoms with Gasteiger partial charge >= 0.3 is 11.9 Å². The first kappa shape index (κ1) is 25.3. The molecule has 4 rings (SSSR count). The Morgan fingerprint density at radius 1 is 0.550 bits per heavy atom. The van der Waals surface area contributed by atoms with Gasteiger partial charge in [-0.1, -0.05) is 0 Å². The predicted molar refractivity (Wildman–Crippen MR) is 126 cm³/mol. The van der Waals surface area contributed by atoms with E-state index in [-0.39, 0.29) is 44.3 Å². The number of nitriles is 6. The second-order valence-corrected chi connectivity index (χ2v) is 6.99. The fourth-order valence-corrected chi connectivity index (χ4v) is 3.32. The minimum atomic E-state index is -0.449. The van der Waals surface area contributed by atoms with E-state index in [9.17, 15) is 31.6 Å². The average molecular weight is 514 g/mol. The van der Waals surface area contributed by atoms with Crippen molar-refractivity contribution >= 4 is 34.3 Å². The summed E-state index contributed by atoms with van der Waals surface area (Å²) in [7, 11) is 0. The third-order valence-electron chi connectivity index (χ3n) is 4.92. The summed E-state index contributed by atoms with van der Waals surface area (Å²) in [5, 5.41) is 57.4. The third-order valence-corrected chi connectivity index (χ3v) is 4.92. The Labute approximate surface area is 222 Å². The molecule has 0 aliphatic rings. The molecule has 16 nitrogen and oxygen atoms in total. The van der Waals surface area contributed by atoms with Gasteiger partial charge in [0.2, 0.25) is 22.8 Å². The topological polar surface area (TPSA) is 255 Å². The van der Waals surface area contributed by atoms with Crippen molar-refractivity contribution in [3.05, 3.63) is 79.8 Å². The van der Waals surface area contributed by atoms with Crippen LogP contribution in [0.15, 0.2) is 12.4 Å². The van der Waals surface area contributed by atoms with Gasteiger partial charge in [0.05, 0.1) is 34.7 Å². The van der Waals surface area contributed by atoms with Crippen molar-refractivity contribution in [2.75, 3.05) is 0 Å². The van der Waals surface area contributed by atoms with E-state index in [4.69, 9.17) is 13.1 Å². The van der Waals surface area contributed by atoms with E-state index in [1.54, 1.807) is 24.3 Å². The van der Waals surface area contributed by atoms with Crippen molar-refractivity contribution in [2.24, 2.45) is 0 Å². The molecule has 0 atom stereocenters. The van der Waals surface area contributed by atoms with Gasteiger partial charge in [0.1, 0.15) is 47.1 Å². The zero-order valence-electron chi connectivity index (χ0n) is 19.3. The lowest BCUT2D eigenvalue weighted by Crippen LogP contribution is -2.20. The van der Waals surface area contributed by atoms with Crippen LogP contribution in [-0.4, -0.2) is 39.9 Å². The molecule has 0 N–H and O–H groups in total. The average Bonchev–Trinajstić information content (AvgIpc) is 3.01. The van der Waals surface area contributed by atoms with E-state index in [0.29, 0.717) is 0 Å². The first-order valence-electron chi connectivity index (χ1n) is 10.2. The van der Waals surface area contributed by atoms with Gasteiger partial charge in [-0.15, -0.1) is 33.1 Å². The van der Waals surface area contributed by atoms with Crippen LogP contribution < -0.4 is 10.7 Å². The largest absolute Gasteiger partial charge is 0.394 e. The highest BCUT2D eigenvalue weighted by molar-refractivity contribution is 5.83. The highest BCUT2D eigenvalue weighted by Gasteiger charge is 2.24. The molecule has 0 saturated heterocycles. The normalized spacial score (nSPS) is 11.1. The van der Waals surface area contributed by atoms with Crippen molar-refractivity contribution in [1.82, 2.24) is 39.9 Å². The fraction of sp³-hybridized carbons (Fsp3) is 0. The van der Waals surface area contributed by atoms with Gasteiger partial charge < -0.3 is 9.69 Å². The summed E-state index contributed by atoms with van der Waals surface area (Å²) in [6.07, 6.45) is 2.21. The summed E-state index contributed by atoms with van der Waals surface area (Å²) in [4.78, 5) is 37.7. The monoisotopic (exact) mass is 514 g/mol. The lowest BCUT2D eigenvalue weighted by atomic mass is 10.0. The SMILES string of the molecule is [C-]#[N+]c1nc(C#N)c(/C(C#N)=c2\cnc3n/c(=C(/C#N)c4c(C#N)nc([N+]#[C-])nc4C#N)cnc3n2)c(C#N)n1. The zero-order valence-corrected chi connectivity index (χ0v) is 19.3. The van der Waals surface area contributed by atoms with E-state index < -0.39 is 34.7 Å². The molecular weight excluding hydrogens is 512 g/mol. The molecule has 0 aliphatic heterocycles. The molecule has 178 valence electrons. The van der Waals surface area contributed by atoms with Gasteiger partial charge in [0.25, 0.3) is 0 Å². The van der Waals surface area contributed by atoms with Crippen LogP contribution in [0, 0.1) is 81.1 Å². The summed E-state index contributed by atoms with van der Waals surface area (Å²) in [6, 6.07) is 10.6. The van der Waals surface area contributed by atoms with Crippen molar-refractivity contribution in [1.29, 1.82) is 31.6 Å². The summed E-state index contributed by atoms with van der Waals surface area (Å²) in [6.45, 7) is 14.1. The van der Waals surface area contributed by atoms with Crippen molar-refractivity contribution < 1.29 is 0 Å². The van der Waals surface area contributed by atoms with E-state index in [0.717, 1.165) is 12.4 Å². The Bertz CT molecular complexity index is 2030. The summed E-state index contributed by atoms with van der Waals surface area (Å²) < 4.78 is 0. The molecule has 0 fully saturated rings. The van der Waals surface area contributed by atoms with Crippen LogP contribution >= 0.6 is 0 Å². The molecule has 0 amide bonds. The maximum atomic E-state index is 9.83. The van der Waals surface area contributed by atoms with Gasteiger partial charge in [-0.3, -0.25) is 0 Å². The van der Waals surface area contributed by atoms with Crippen LogP contribution in [0.1, 0.15) is 33.9 Å². The second kappa shape index (κ2) is 10.5. The number of hydrogen-bond donors (Lipinski definition) is 0. The van der Waals surface area contributed by atoms with Gasteiger partial charge in [0.15, 0.2) is 11.3 Å². The molecule has 0 spiro atoms. The second-order valence-electron chi connectivity index (χ2n) is 6.99. The molecule has 0 bridgehead atoms. The molecule has 4 aromatic heterocycles. The molecule has 0 saturated carbocycles. The predicted octanol–water partition coefficient (Wildman–Crippen LogP) is 0.0333. The van der Waals surface area contributed by atoms with Crippen LogP contribution in [0.2, 0.25) is 0 Å². The van der Waals surface area contributed by atoms with Gasteiger partial charge in [-0.05, 0) is 0 Å². The smallest absolute Gasteiger partial charge is 0.374 e. The van der Waals surface area contributed by atoms with Crippen LogP contribution in [0.25, 0.3) is 32.1 Å². The summed E-state index contributed by atoms with van der Waals surface area (Å²) in [5.41, 5.74) is -2.84. The summed E-state index contributed by atoms with van der Waals surface area (Å²) in [5.74, 6) is -0.898. The van der Waals surface area contributed by atoms with E-state index in [1.807, 2.05) is 12.1 Å². The Morgan fingerprint density at radius 3 is 1.12 bits per heavy atom. The van der Waals surface area contributed by atoms with E-state index in [1.165, 1.54) is 0 Å². The van der Waals surface area contributed by atoms with Gasteiger partial charge in [-0.2, -0.15) is 31.6 Å². The Hall–Kier alpha value is -7.76. The Kier molecular flexibility index (Phi) is 6.63. The van der Waals surface area contributed by atoms with Crippen molar-refractivity contribution in [2.45, 2.75) is 0 Å². The van der Waals surface area contributed by atoms with Crippen LogP contribution in [0.3, 0.4) is 0 Å². The van der Waals surface area contributed by atoms with Crippen LogP contribution in [-0.2, 0) is 0 Å². The molecule has 0 aliphatic carbocycles. The molecule has 40 heavy (non-hydrogen) atoms. The molecular formula is C24H2N16.